The number of benzene rings is 3. The van der Waals surface area contributed by atoms with E-state index in [4.69, 9.17) is 4.74 Å². The molecule has 10 heteroatoms. The van der Waals surface area contributed by atoms with E-state index >= 15 is 0 Å². The Bertz CT molecular complexity index is 1290. The van der Waals surface area contributed by atoms with E-state index in [-0.39, 0.29) is 21.2 Å². The van der Waals surface area contributed by atoms with Crippen molar-refractivity contribution in [3.05, 3.63) is 72.3 Å². The Balaban J connectivity index is 1.95. The summed E-state index contributed by atoms with van der Waals surface area (Å²) in [7, 11) is -6.71. The standard InChI is InChI=1S/C20H20N2O6S2/c1-14-6-5-7-15(12-14)29(24,25)22-18-13-16(10-11-19(18)23)30(26,27)21-17-8-3-4-9-20(17)28-2/h3-13,21-23H,1-2H3. The molecule has 0 unspecified atom stereocenters. The van der Waals surface area contributed by atoms with Crippen molar-refractivity contribution in [1.82, 2.24) is 0 Å². The quantitative estimate of drug-likeness (QED) is 0.477. The van der Waals surface area contributed by atoms with Gasteiger partial charge < -0.3 is 9.84 Å². The number of phenols is 1. The lowest BCUT2D eigenvalue weighted by Gasteiger charge is -2.14. The van der Waals surface area contributed by atoms with E-state index in [0.29, 0.717) is 5.75 Å². The smallest absolute Gasteiger partial charge is 0.262 e. The van der Waals surface area contributed by atoms with Gasteiger partial charge in [0.2, 0.25) is 0 Å². The van der Waals surface area contributed by atoms with Crippen LogP contribution in [-0.2, 0) is 20.0 Å². The SMILES string of the molecule is COc1ccccc1NS(=O)(=O)c1ccc(O)c(NS(=O)(=O)c2cccc(C)c2)c1. The second kappa shape index (κ2) is 8.25. The number of aryl methyl sites for hydroxylation is 1. The van der Waals surface area contributed by atoms with Crippen molar-refractivity contribution in [2.24, 2.45) is 0 Å². The average molecular weight is 449 g/mol. The van der Waals surface area contributed by atoms with Gasteiger partial charge in [-0.3, -0.25) is 9.44 Å². The van der Waals surface area contributed by atoms with E-state index < -0.39 is 25.8 Å². The van der Waals surface area contributed by atoms with Gasteiger partial charge >= 0.3 is 0 Å². The van der Waals surface area contributed by atoms with Crippen LogP contribution >= 0.6 is 0 Å². The maximum atomic E-state index is 12.8. The van der Waals surface area contributed by atoms with E-state index in [0.717, 1.165) is 23.8 Å². The summed E-state index contributed by atoms with van der Waals surface area (Å²) in [5.74, 6) is -0.0947. The highest BCUT2D eigenvalue weighted by Gasteiger charge is 2.21. The molecule has 3 rings (SSSR count). The Labute approximate surface area is 175 Å². The molecule has 0 bridgehead atoms. The lowest BCUT2D eigenvalue weighted by Crippen LogP contribution is -2.16. The van der Waals surface area contributed by atoms with Crippen LogP contribution in [0.25, 0.3) is 0 Å². The highest BCUT2D eigenvalue weighted by molar-refractivity contribution is 7.93. The molecule has 3 aromatic carbocycles. The van der Waals surface area contributed by atoms with Crippen molar-refractivity contribution < 1.29 is 26.7 Å². The van der Waals surface area contributed by atoms with Gasteiger partial charge in [0.15, 0.2) is 0 Å². The zero-order chi connectivity index (χ0) is 21.9. The molecule has 3 N–H and O–H groups in total. The Hall–Kier alpha value is -3.24. The van der Waals surface area contributed by atoms with Crippen LogP contribution in [0.5, 0.6) is 11.5 Å². The molecule has 0 atom stereocenters. The maximum absolute atomic E-state index is 12.8. The van der Waals surface area contributed by atoms with Crippen molar-refractivity contribution >= 4 is 31.4 Å². The molecule has 0 saturated carbocycles. The first-order chi connectivity index (χ1) is 14.1. The van der Waals surface area contributed by atoms with Gasteiger partial charge in [0.05, 0.1) is 28.3 Å². The molecule has 0 aliphatic rings. The first-order valence-corrected chi connectivity index (χ1v) is 11.7. The van der Waals surface area contributed by atoms with Crippen molar-refractivity contribution in [1.29, 1.82) is 0 Å². The Morgan fingerprint density at radius 3 is 2.07 bits per heavy atom. The fourth-order valence-corrected chi connectivity index (χ4v) is 4.95. The molecule has 158 valence electrons. The largest absolute Gasteiger partial charge is 0.506 e. The minimum Gasteiger partial charge on any atom is -0.506 e. The van der Waals surface area contributed by atoms with Crippen molar-refractivity contribution in [2.45, 2.75) is 16.7 Å². The van der Waals surface area contributed by atoms with Gasteiger partial charge in [0, 0.05) is 0 Å². The van der Waals surface area contributed by atoms with Crippen LogP contribution in [0.1, 0.15) is 5.56 Å². The number of anilines is 2. The minimum atomic E-state index is -4.09. The highest BCUT2D eigenvalue weighted by atomic mass is 32.2. The average Bonchev–Trinajstić information content (AvgIpc) is 2.69. The number of ether oxygens (including phenoxy) is 1. The third-order valence-corrected chi connectivity index (χ3v) is 6.90. The zero-order valence-electron chi connectivity index (χ0n) is 16.2. The summed E-state index contributed by atoms with van der Waals surface area (Å²) >= 11 is 0. The van der Waals surface area contributed by atoms with Crippen LogP contribution in [0.15, 0.2) is 76.5 Å². The fraction of sp³-hybridized carbons (Fsp3) is 0.100. The Kier molecular flexibility index (Phi) is 5.90. The summed E-state index contributed by atoms with van der Waals surface area (Å²) in [6.07, 6.45) is 0. The van der Waals surface area contributed by atoms with Crippen molar-refractivity contribution in [3.8, 4) is 11.5 Å². The van der Waals surface area contributed by atoms with Crippen molar-refractivity contribution in [2.75, 3.05) is 16.6 Å². The van der Waals surface area contributed by atoms with Gasteiger partial charge in [-0.05, 0) is 55.0 Å². The monoisotopic (exact) mass is 448 g/mol. The number of rotatable bonds is 7. The van der Waals surface area contributed by atoms with Crippen LogP contribution in [-0.4, -0.2) is 29.1 Å². The molecule has 0 fully saturated rings. The van der Waals surface area contributed by atoms with Gasteiger partial charge in [-0.25, -0.2) is 16.8 Å². The highest BCUT2D eigenvalue weighted by Crippen LogP contribution is 2.31. The molecule has 30 heavy (non-hydrogen) atoms. The first-order valence-electron chi connectivity index (χ1n) is 8.71. The number of nitrogens with one attached hydrogen (secondary N) is 2. The van der Waals surface area contributed by atoms with Crippen LogP contribution in [0.3, 0.4) is 0 Å². The van der Waals surface area contributed by atoms with E-state index in [1.165, 1.54) is 25.3 Å². The Morgan fingerprint density at radius 2 is 1.40 bits per heavy atom. The fourth-order valence-electron chi connectivity index (χ4n) is 2.68. The number of hydrogen-bond donors (Lipinski definition) is 3. The lowest BCUT2D eigenvalue weighted by molar-refractivity contribution is 0.417. The van der Waals surface area contributed by atoms with Crippen molar-refractivity contribution in [3.63, 3.8) is 0 Å². The number of phenolic OH excluding ortho intramolecular Hbond substituents is 1. The van der Waals surface area contributed by atoms with Gasteiger partial charge in [0.25, 0.3) is 20.0 Å². The van der Waals surface area contributed by atoms with Gasteiger partial charge in [-0.15, -0.1) is 0 Å². The second-order valence-corrected chi connectivity index (χ2v) is 9.77. The summed E-state index contributed by atoms with van der Waals surface area (Å²) in [6.45, 7) is 1.74. The molecule has 0 radical (unpaired) electrons. The first kappa shape index (κ1) is 21.5. The third-order valence-electron chi connectivity index (χ3n) is 4.17. The molecule has 8 nitrogen and oxygen atoms in total. The molecule has 0 aromatic heterocycles. The van der Waals surface area contributed by atoms with E-state index in [9.17, 15) is 21.9 Å². The van der Waals surface area contributed by atoms with E-state index in [2.05, 4.69) is 9.44 Å². The third kappa shape index (κ3) is 4.66. The molecular formula is C20H20N2O6S2. The lowest BCUT2D eigenvalue weighted by atomic mass is 10.2. The summed E-state index contributed by atoms with van der Waals surface area (Å²) in [6, 6.07) is 15.9. The van der Waals surface area contributed by atoms with Crippen LogP contribution in [0.2, 0.25) is 0 Å². The van der Waals surface area contributed by atoms with Crippen LogP contribution < -0.4 is 14.2 Å². The topological polar surface area (TPSA) is 122 Å². The van der Waals surface area contributed by atoms with Gasteiger partial charge in [-0.2, -0.15) is 0 Å². The van der Waals surface area contributed by atoms with Gasteiger partial charge in [0.1, 0.15) is 11.5 Å². The minimum absolute atomic E-state index is 0.0118. The van der Waals surface area contributed by atoms with E-state index in [1.807, 2.05) is 0 Å². The summed E-state index contributed by atoms with van der Waals surface area (Å²) in [4.78, 5) is -0.254. The van der Waals surface area contributed by atoms with Crippen LogP contribution in [0, 0.1) is 6.92 Å². The predicted octanol–water partition coefficient (Wildman–Crippen LogP) is 3.31. The zero-order valence-corrected chi connectivity index (χ0v) is 17.8. The molecule has 0 heterocycles. The molecule has 0 spiro atoms. The number of aromatic hydroxyl groups is 1. The summed E-state index contributed by atoms with van der Waals surface area (Å²) in [5, 5.41) is 10.1. The number of para-hydroxylation sites is 2. The molecule has 0 saturated heterocycles. The number of methoxy groups -OCH3 is 1. The number of hydrogen-bond acceptors (Lipinski definition) is 6. The van der Waals surface area contributed by atoms with Gasteiger partial charge in [-0.1, -0.05) is 24.3 Å². The molecular weight excluding hydrogens is 428 g/mol. The number of sulfonamides is 2. The normalized spacial score (nSPS) is 11.7. The van der Waals surface area contributed by atoms with E-state index in [1.54, 1.807) is 37.3 Å². The molecule has 0 aliphatic carbocycles. The Morgan fingerprint density at radius 1 is 0.767 bits per heavy atom. The second-order valence-electron chi connectivity index (χ2n) is 6.41. The predicted molar refractivity (Wildman–Crippen MR) is 114 cm³/mol. The van der Waals surface area contributed by atoms with Crippen LogP contribution in [0.4, 0.5) is 11.4 Å². The molecule has 0 aliphatic heterocycles. The summed E-state index contributed by atoms with van der Waals surface area (Å²) in [5.41, 5.74) is 0.689. The molecule has 3 aromatic rings. The molecule has 0 amide bonds. The maximum Gasteiger partial charge on any atom is 0.262 e. The summed E-state index contributed by atoms with van der Waals surface area (Å²) < 4.78 is 60.6.